The van der Waals surface area contributed by atoms with Gasteiger partial charge in [-0.3, -0.25) is 4.79 Å². The Kier molecular flexibility index (Phi) is 6.06. The molecule has 4 nitrogen and oxygen atoms in total. The second-order valence-electron chi connectivity index (χ2n) is 5.43. The SMILES string of the molecule is CCN1CCC(NC(=O)[C@H](C)Oc2cccc(Br)c2)CC1. The Morgan fingerprint density at radius 2 is 2.19 bits per heavy atom. The molecule has 1 N–H and O–H groups in total. The lowest BCUT2D eigenvalue weighted by atomic mass is 10.0. The number of nitrogens with one attached hydrogen (secondary N) is 1. The molecule has 1 fully saturated rings. The third kappa shape index (κ3) is 5.00. The number of ether oxygens (including phenoxy) is 1. The molecule has 0 aromatic heterocycles. The van der Waals surface area contributed by atoms with Crippen LogP contribution >= 0.6 is 15.9 Å². The van der Waals surface area contributed by atoms with Gasteiger partial charge in [0.15, 0.2) is 6.10 Å². The average molecular weight is 355 g/mol. The van der Waals surface area contributed by atoms with Crippen molar-refractivity contribution in [2.24, 2.45) is 0 Å². The van der Waals surface area contributed by atoms with Gasteiger partial charge >= 0.3 is 0 Å². The second-order valence-corrected chi connectivity index (χ2v) is 6.35. The molecule has 21 heavy (non-hydrogen) atoms. The molecule has 5 heteroatoms. The number of carbonyl (C=O) groups excluding carboxylic acids is 1. The summed E-state index contributed by atoms with van der Waals surface area (Å²) < 4.78 is 6.63. The fourth-order valence-corrected chi connectivity index (χ4v) is 2.89. The van der Waals surface area contributed by atoms with Crippen LogP contribution < -0.4 is 10.1 Å². The van der Waals surface area contributed by atoms with E-state index in [0.29, 0.717) is 5.75 Å². The van der Waals surface area contributed by atoms with E-state index in [1.165, 1.54) is 0 Å². The lowest BCUT2D eigenvalue weighted by molar-refractivity contribution is -0.128. The number of piperidine rings is 1. The quantitative estimate of drug-likeness (QED) is 0.883. The molecule has 1 amide bonds. The van der Waals surface area contributed by atoms with Crippen LogP contribution in [0.5, 0.6) is 5.75 Å². The first kappa shape index (κ1) is 16.3. The van der Waals surface area contributed by atoms with E-state index >= 15 is 0 Å². The van der Waals surface area contributed by atoms with Gasteiger partial charge in [-0.1, -0.05) is 28.9 Å². The third-order valence-corrected chi connectivity index (χ3v) is 4.35. The van der Waals surface area contributed by atoms with Crippen molar-refractivity contribution >= 4 is 21.8 Å². The van der Waals surface area contributed by atoms with Gasteiger partial charge in [0.25, 0.3) is 5.91 Å². The number of benzene rings is 1. The summed E-state index contributed by atoms with van der Waals surface area (Å²) >= 11 is 3.40. The van der Waals surface area contributed by atoms with Crippen molar-refractivity contribution in [2.45, 2.75) is 38.8 Å². The van der Waals surface area contributed by atoms with E-state index in [1.807, 2.05) is 24.3 Å². The molecule has 116 valence electrons. The van der Waals surface area contributed by atoms with Crippen molar-refractivity contribution in [3.63, 3.8) is 0 Å². The van der Waals surface area contributed by atoms with E-state index in [-0.39, 0.29) is 11.9 Å². The summed E-state index contributed by atoms with van der Waals surface area (Å²) in [7, 11) is 0. The highest BCUT2D eigenvalue weighted by Crippen LogP contribution is 2.19. The molecular formula is C16H23BrN2O2. The zero-order valence-electron chi connectivity index (χ0n) is 12.6. The topological polar surface area (TPSA) is 41.6 Å². The monoisotopic (exact) mass is 354 g/mol. The fourth-order valence-electron chi connectivity index (χ4n) is 2.51. The number of rotatable bonds is 5. The number of hydrogen-bond donors (Lipinski definition) is 1. The number of hydrogen-bond acceptors (Lipinski definition) is 3. The van der Waals surface area contributed by atoms with Gasteiger partial charge in [-0.05, 0) is 44.5 Å². The van der Waals surface area contributed by atoms with Crippen LogP contribution in [-0.2, 0) is 4.79 Å². The minimum atomic E-state index is -0.483. The second kappa shape index (κ2) is 7.80. The summed E-state index contributed by atoms with van der Waals surface area (Å²) in [5, 5.41) is 3.10. The minimum Gasteiger partial charge on any atom is -0.481 e. The molecule has 0 aliphatic carbocycles. The lowest BCUT2D eigenvalue weighted by Gasteiger charge is -2.32. The summed E-state index contributed by atoms with van der Waals surface area (Å²) in [5.41, 5.74) is 0. The first-order valence-corrected chi connectivity index (χ1v) is 8.32. The Labute approximate surface area is 135 Å². The van der Waals surface area contributed by atoms with Gasteiger partial charge in [0, 0.05) is 23.6 Å². The van der Waals surface area contributed by atoms with Gasteiger partial charge in [-0.25, -0.2) is 0 Å². The summed E-state index contributed by atoms with van der Waals surface area (Å²) in [6.07, 6.45) is 1.55. The van der Waals surface area contributed by atoms with Gasteiger partial charge in [-0.15, -0.1) is 0 Å². The molecule has 2 rings (SSSR count). The molecule has 1 atom stereocenters. The van der Waals surface area contributed by atoms with E-state index in [9.17, 15) is 4.79 Å². The molecule has 0 saturated carbocycles. The van der Waals surface area contributed by atoms with Crippen molar-refractivity contribution in [2.75, 3.05) is 19.6 Å². The Morgan fingerprint density at radius 1 is 1.48 bits per heavy atom. The van der Waals surface area contributed by atoms with E-state index in [1.54, 1.807) is 6.92 Å². The molecule has 1 saturated heterocycles. The predicted molar refractivity (Wildman–Crippen MR) is 87.5 cm³/mol. The van der Waals surface area contributed by atoms with E-state index < -0.39 is 6.10 Å². The summed E-state index contributed by atoms with van der Waals surface area (Å²) in [4.78, 5) is 14.6. The van der Waals surface area contributed by atoms with Crippen LogP contribution in [0.1, 0.15) is 26.7 Å². The van der Waals surface area contributed by atoms with E-state index in [2.05, 4.69) is 33.1 Å². The Morgan fingerprint density at radius 3 is 2.81 bits per heavy atom. The van der Waals surface area contributed by atoms with Crippen LogP contribution in [0.2, 0.25) is 0 Å². The van der Waals surface area contributed by atoms with E-state index in [0.717, 1.165) is 36.9 Å². The number of carbonyl (C=O) groups is 1. The number of nitrogens with zero attached hydrogens (tertiary/aromatic N) is 1. The van der Waals surface area contributed by atoms with Crippen LogP contribution in [0.3, 0.4) is 0 Å². The number of halogens is 1. The number of likely N-dealkylation sites (tertiary alicyclic amines) is 1. The van der Waals surface area contributed by atoms with Gasteiger partial charge < -0.3 is 15.0 Å². The van der Waals surface area contributed by atoms with Crippen molar-refractivity contribution in [3.8, 4) is 5.75 Å². The summed E-state index contributed by atoms with van der Waals surface area (Å²) in [6, 6.07) is 7.82. The summed E-state index contributed by atoms with van der Waals surface area (Å²) in [5.74, 6) is 0.665. The standard InChI is InChI=1S/C16H23BrN2O2/c1-3-19-9-7-14(8-10-19)18-16(20)12(2)21-15-6-4-5-13(17)11-15/h4-6,11-12,14H,3,7-10H2,1-2H3,(H,18,20)/t12-/m0/s1. The zero-order valence-corrected chi connectivity index (χ0v) is 14.2. The molecule has 1 aliphatic heterocycles. The van der Waals surface area contributed by atoms with Gasteiger partial charge in [0.1, 0.15) is 5.75 Å². The average Bonchev–Trinajstić information content (AvgIpc) is 2.48. The first-order chi connectivity index (χ1) is 10.1. The molecule has 1 aromatic rings. The Bertz CT molecular complexity index is 473. The molecule has 0 spiro atoms. The van der Waals surface area contributed by atoms with Crippen LogP contribution in [0.4, 0.5) is 0 Å². The minimum absolute atomic E-state index is 0.0371. The summed E-state index contributed by atoms with van der Waals surface area (Å²) in [6.45, 7) is 7.16. The first-order valence-electron chi connectivity index (χ1n) is 7.53. The predicted octanol–water partition coefficient (Wildman–Crippen LogP) is 2.82. The Hall–Kier alpha value is -1.07. The highest BCUT2D eigenvalue weighted by Gasteiger charge is 2.22. The highest BCUT2D eigenvalue weighted by molar-refractivity contribution is 9.10. The highest BCUT2D eigenvalue weighted by atomic mass is 79.9. The normalized spacial score (nSPS) is 18.2. The molecule has 1 aromatic carbocycles. The molecule has 0 bridgehead atoms. The largest absolute Gasteiger partial charge is 0.481 e. The van der Waals surface area contributed by atoms with Crippen molar-refractivity contribution in [3.05, 3.63) is 28.7 Å². The lowest BCUT2D eigenvalue weighted by Crippen LogP contribution is -2.48. The maximum Gasteiger partial charge on any atom is 0.260 e. The van der Waals surface area contributed by atoms with Gasteiger partial charge in [0.05, 0.1) is 0 Å². The molecule has 0 unspecified atom stereocenters. The van der Waals surface area contributed by atoms with Crippen molar-refractivity contribution < 1.29 is 9.53 Å². The van der Waals surface area contributed by atoms with Gasteiger partial charge in [0.2, 0.25) is 0 Å². The van der Waals surface area contributed by atoms with Crippen molar-refractivity contribution in [1.29, 1.82) is 0 Å². The van der Waals surface area contributed by atoms with E-state index in [4.69, 9.17) is 4.74 Å². The zero-order chi connectivity index (χ0) is 15.2. The smallest absolute Gasteiger partial charge is 0.260 e. The maximum atomic E-state index is 12.2. The van der Waals surface area contributed by atoms with Crippen molar-refractivity contribution in [1.82, 2.24) is 10.2 Å². The van der Waals surface area contributed by atoms with Gasteiger partial charge in [-0.2, -0.15) is 0 Å². The maximum absolute atomic E-state index is 12.2. The third-order valence-electron chi connectivity index (χ3n) is 3.86. The molecule has 1 aliphatic rings. The van der Waals surface area contributed by atoms with Crippen LogP contribution in [0, 0.1) is 0 Å². The fraction of sp³-hybridized carbons (Fsp3) is 0.562. The molecule has 0 radical (unpaired) electrons. The van der Waals surface area contributed by atoms with Crippen LogP contribution in [0.25, 0.3) is 0 Å². The van der Waals surface area contributed by atoms with Crippen LogP contribution in [-0.4, -0.2) is 42.6 Å². The molecule has 1 heterocycles. The number of amides is 1. The Balaban J connectivity index is 1.80. The van der Waals surface area contributed by atoms with Crippen LogP contribution in [0.15, 0.2) is 28.7 Å². The molecular weight excluding hydrogens is 332 g/mol.